The van der Waals surface area contributed by atoms with Gasteiger partial charge in [0.15, 0.2) is 0 Å². The van der Waals surface area contributed by atoms with Crippen LogP contribution in [0.25, 0.3) is 0 Å². The van der Waals surface area contributed by atoms with Gasteiger partial charge in [-0.2, -0.15) is 5.26 Å². The Morgan fingerprint density at radius 1 is 0.719 bits per heavy atom. The summed E-state index contributed by atoms with van der Waals surface area (Å²) in [5, 5.41) is 8.88. The second-order valence-corrected chi connectivity index (χ2v) is 8.20. The number of carbonyl (C=O) groups is 1. The summed E-state index contributed by atoms with van der Waals surface area (Å²) in [4.78, 5) is 12.5. The Hall–Kier alpha value is -3.38. The third kappa shape index (κ3) is 7.39. The molecule has 0 atom stereocenters. The molecule has 32 heavy (non-hydrogen) atoms. The van der Waals surface area contributed by atoms with Crippen molar-refractivity contribution in [2.24, 2.45) is 0 Å². The van der Waals surface area contributed by atoms with E-state index in [1.165, 1.54) is 48.8 Å². The lowest BCUT2D eigenvalue weighted by Crippen LogP contribution is -2.08. The molecular weight excluding hydrogens is 394 g/mol. The fraction of sp³-hybridized carbons (Fsp3) is 0.310. The number of carbonyl (C=O) groups excluding carboxylic acids is 1. The number of rotatable bonds is 11. The van der Waals surface area contributed by atoms with Gasteiger partial charge in [-0.3, -0.25) is 0 Å². The topological polar surface area (TPSA) is 50.1 Å². The fourth-order valence-electron chi connectivity index (χ4n) is 3.66. The van der Waals surface area contributed by atoms with Crippen LogP contribution in [-0.4, -0.2) is 5.97 Å². The summed E-state index contributed by atoms with van der Waals surface area (Å²) in [5.41, 5.74) is 4.90. The number of nitriles is 1. The number of unbranched alkanes of at least 4 members (excludes halogenated alkanes) is 4. The van der Waals surface area contributed by atoms with Crippen molar-refractivity contribution >= 4 is 5.97 Å². The Bertz CT molecular complexity index is 1010. The molecule has 0 N–H and O–H groups in total. The van der Waals surface area contributed by atoms with E-state index in [9.17, 15) is 4.79 Å². The number of benzene rings is 3. The normalized spacial score (nSPS) is 10.5. The maximum absolute atomic E-state index is 12.5. The highest BCUT2D eigenvalue weighted by atomic mass is 16.5. The largest absolute Gasteiger partial charge is 0.423 e. The second-order valence-electron chi connectivity index (χ2n) is 8.20. The molecule has 3 rings (SSSR count). The van der Waals surface area contributed by atoms with E-state index < -0.39 is 0 Å². The number of esters is 1. The van der Waals surface area contributed by atoms with Gasteiger partial charge in [0, 0.05) is 0 Å². The zero-order valence-corrected chi connectivity index (χ0v) is 18.8. The first-order chi connectivity index (χ1) is 15.7. The quantitative estimate of drug-likeness (QED) is 0.187. The number of hydrogen-bond donors (Lipinski definition) is 0. The molecule has 0 aliphatic carbocycles. The van der Waals surface area contributed by atoms with Crippen molar-refractivity contribution in [1.82, 2.24) is 0 Å². The van der Waals surface area contributed by atoms with Crippen LogP contribution in [-0.2, 0) is 19.3 Å². The van der Waals surface area contributed by atoms with Gasteiger partial charge < -0.3 is 4.74 Å². The summed E-state index contributed by atoms with van der Waals surface area (Å²) < 4.78 is 5.54. The van der Waals surface area contributed by atoms with Crippen molar-refractivity contribution < 1.29 is 9.53 Å². The molecule has 3 heteroatoms. The van der Waals surface area contributed by atoms with Crippen LogP contribution in [0.15, 0.2) is 72.8 Å². The molecular formula is C29H31NO2. The molecule has 0 aliphatic heterocycles. The van der Waals surface area contributed by atoms with E-state index in [0.717, 1.165) is 19.3 Å². The Balaban J connectivity index is 1.46. The average Bonchev–Trinajstić information content (AvgIpc) is 2.84. The number of hydrogen-bond acceptors (Lipinski definition) is 3. The van der Waals surface area contributed by atoms with E-state index >= 15 is 0 Å². The monoisotopic (exact) mass is 425 g/mol. The van der Waals surface area contributed by atoms with E-state index in [0.29, 0.717) is 16.9 Å². The number of aryl methyl sites for hydroxylation is 3. The van der Waals surface area contributed by atoms with Gasteiger partial charge in [-0.05, 0) is 78.8 Å². The van der Waals surface area contributed by atoms with E-state index in [1.807, 2.05) is 72.8 Å². The van der Waals surface area contributed by atoms with Crippen LogP contribution in [0.3, 0.4) is 0 Å². The third-order valence-electron chi connectivity index (χ3n) is 5.68. The predicted molar refractivity (Wildman–Crippen MR) is 129 cm³/mol. The highest BCUT2D eigenvalue weighted by Crippen LogP contribution is 2.17. The van der Waals surface area contributed by atoms with Crippen LogP contribution in [0.1, 0.15) is 71.6 Å². The van der Waals surface area contributed by atoms with Crippen molar-refractivity contribution in [3.05, 3.63) is 101 Å². The third-order valence-corrected chi connectivity index (χ3v) is 5.68. The van der Waals surface area contributed by atoms with E-state index in [2.05, 4.69) is 13.0 Å². The fourth-order valence-corrected chi connectivity index (χ4v) is 3.66. The number of nitrogens with zero attached hydrogens (tertiary/aromatic N) is 1. The van der Waals surface area contributed by atoms with E-state index in [-0.39, 0.29) is 5.97 Å². The van der Waals surface area contributed by atoms with Crippen molar-refractivity contribution in [2.45, 2.75) is 58.3 Å². The van der Waals surface area contributed by atoms with Crippen LogP contribution in [0, 0.1) is 11.3 Å². The van der Waals surface area contributed by atoms with Crippen LogP contribution in [0.5, 0.6) is 5.75 Å². The first-order valence-corrected chi connectivity index (χ1v) is 11.6. The maximum Gasteiger partial charge on any atom is 0.343 e. The van der Waals surface area contributed by atoms with Crippen LogP contribution >= 0.6 is 0 Å². The molecule has 0 spiro atoms. The van der Waals surface area contributed by atoms with Crippen LogP contribution in [0.4, 0.5) is 0 Å². The second kappa shape index (κ2) is 12.5. The molecule has 0 bridgehead atoms. The van der Waals surface area contributed by atoms with Gasteiger partial charge in [0.1, 0.15) is 5.75 Å². The summed E-state index contributed by atoms with van der Waals surface area (Å²) in [7, 11) is 0. The zero-order chi connectivity index (χ0) is 22.6. The summed E-state index contributed by atoms with van der Waals surface area (Å²) >= 11 is 0. The van der Waals surface area contributed by atoms with Gasteiger partial charge in [0.2, 0.25) is 0 Å². The zero-order valence-electron chi connectivity index (χ0n) is 18.8. The van der Waals surface area contributed by atoms with Gasteiger partial charge in [0.25, 0.3) is 0 Å². The van der Waals surface area contributed by atoms with Gasteiger partial charge in [-0.1, -0.05) is 69.0 Å². The summed E-state index contributed by atoms with van der Waals surface area (Å²) in [6.45, 7) is 2.23. The first kappa shape index (κ1) is 23.3. The Morgan fingerprint density at radius 3 is 1.84 bits per heavy atom. The molecule has 0 amide bonds. The molecule has 0 unspecified atom stereocenters. The van der Waals surface area contributed by atoms with Crippen molar-refractivity contribution in [3.8, 4) is 11.8 Å². The smallest absolute Gasteiger partial charge is 0.343 e. The lowest BCUT2D eigenvalue weighted by atomic mass is 10.0. The highest BCUT2D eigenvalue weighted by Gasteiger charge is 2.09. The van der Waals surface area contributed by atoms with Crippen LogP contribution < -0.4 is 4.74 Å². The molecule has 0 saturated carbocycles. The molecule has 3 aromatic carbocycles. The molecule has 0 fully saturated rings. The van der Waals surface area contributed by atoms with Crippen LogP contribution in [0.2, 0.25) is 0 Å². The minimum atomic E-state index is -0.329. The molecule has 0 saturated heterocycles. The minimum Gasteiger partial charge on any atom is -0.423 e. The molecule has 3 nitrogen and oxygen atoms in total. The van der Waals surface area contributed by atoms with Gasteiger partial charge in [-0.25, -0.2) is 4.79 Å². The standard InChI is InChI=1S/C29H31NO2/c1-2-3-4-5-6-7-23-14-18-27(19-15-23)29(31)32-28-20-16-25(17-21-28)9-8-24-10-12-26(22-30)13-11-24/h10-21H,2-9H2,1H3. The van der Waals surface area contributed by atoms with E-state index in [1.54, 1.807) is 0 Å². The van der Waals surface area contributed by atoms with Crippen molar-refractivity contribution in [3.63, 3.8) is 0 Å². The van der Waals surface area contributed by atoms with Gasteiger partial charge >= 0.3 is 5.97 Å². The minimum absolute atomic E-state index is 0.329. The lowest BCUT2D eigenvalue weighted by molar-refractivity contribution is 0.0734. The van der Waals surface area contributed by atoms with Gasteiger partial charge in [-0.15, -0.1) is 0 Å². The van der Waals surface area contributed by atoms with Gasteiger partial charge in [0.05, 0.1) is 17.2 Å². The summed E-state index contributed by atoms with van der Waals surface area (Å²) in [6.07, 6.45) is 9.18. The molecule has 0 heterocycles. The number of ether oxygens (including phenoxy) is 1. The highest BCUT2D eigenvalue weighted by molar-refractivity contribution is 5.91. The molecule has 0 radical (unpaired) electrons. The lowest BCUT2D eigenvalue weighted by Gasteiger charge is -2.07. The molecule has 3 aromatic rings. The molecule has 0 aromatic heterocycles. The summed E-state index contributed by atoms with van der Waals surface area (Å²) in [6, 6.07) is 25.3. The molecule has 164 valence electrons. The average molecular weight is 426 g/mol. The SMILES string of the molecule is CCCCCCCc1ccc(C(=O)Oc2ccc(CCc3ccc(C#N)cc3)cc2)cc1. The Labute approximate surface area is 191 Å². The predicted octanol–water partition coefficient (Wildman–Crippen LogP) is 7.08. The Morgan fingerprint density at radius 2 is 1.25 bits per heavy atom. The summed E-state index contributed by atoms with van der Waals surface area (Å²) in [5.74, 6) is 0.224. The van der Waals surface area contributed by atoms with E-state index in [4.69, 9.17) is 10.00 Å². The Kier molecular flexibility index (Phi) is 9.07. The van der Waals surface area contributed by atoms with Crippen molar-refractivity contribution in [1.29, 1.82) is 5.26 Å². The first-order valence-electron chi connectivity index (χ1n) is 11.6. The maximum atomic E-state index is 12.5. The van der Waals surface area contributed by atoms with Crippen molar-refractivity contribution in [2.75, 3.05) is 0 Å². The molecule has 0 aliphatic rings.